The van der Waals surface area contributed by atoms with Crippen molar-refractivity contribution in [3.8, 4) is 0 Å². The predicted octanol–water partition coefficient (Wildman–Crippen LogP) is 1.92. The van der Waals surface area contributed by atoms with Crippen LogP contribution in [0.2, 0.25) is 0 Å². The molecule has 0 aromatic rings. The molecule has 0 aliphatic rings. The summed E-state index contributed by atoms with van der Waals surface area (Å²) in [6, 6.07) is 0. The van der Waals surface area contributed by atoms with E-state index in [9.17, 15) is 0 Å². The van der Waals surface area contributed by atoms with Crippen molar-refractivity contribution in [1.29, 1.82) is 0 Å². The minimum Gasteiger partial charge on any atom is -0.305 e. The number of nitrogens with zero attached hydrogens (tertiary/aromatic N) is 1. The van der Waals surface area contributed by atoms with E-state index in [0.717, 1.165) is 6.42 Å². The second-order valence-electron chi connectivity index (χ2n) is 2.61. The van der Waals surface area contributed by atoms with E-state index in [0.29, 0.717) is 5.92 Å². The van der Waals surface area contributed by atoms with Crippen LogP contribution in [0.1, 0.15) is 13.3 Å². The maximum Gasteiger partial charge on any atom is 0.0276 e. The van der Waals surface area contributed by atoms with Gasteiger partial charge in [-0.25, -0.2) is 0 Å². The molecule has 0 aromatic heterocycles. The molecule has 0 aliphatic heterocycles. The smallest absolute Gasteiger partial charge is 0.0276 e. The minimum absolute atomic E-state index is 0.623. The van der Waals surface area contributed by atoms with Crippen LogP contribution in [0.4, 0.5) is 0 Å². The Bertz CT molecular complexity index is 76.6. The van der Waals surface area contributed by atoms with E-state index >= 15 is 0 Å². The number of rotatable bonds is 4. The summed E-state index contributed by atoms with van der Waals surface area (Å²) in [5.74, 6) is 0.623. The van der Waals surface area contributed by atoms with Gasteiger partial charge in [0.25, 0.3) is 0 Å². The number of allylic oxidation sites excluding steroid dienone is 1. The third-order valence-electron chi connectivity index (χ3n) is 1.09. The summed E-state index contributed by atoms with van der Waals surface area (Å²) in [6.45, 7) is 8.03. The Labute approximate surface area is 58.4 Å². The van der Waals surface area contributed by atoms with Crippen LogP contribution in [-0.4, -0.2) is 19.0 Å². The van der Waals surface area contributed by atoms with E-state index in [-0.39, 0.29) is 0 Å². The summed E-state index contributed by atoms with van der Waals surface area (Å²) in [4.78, 5) is 2.08. The van der Waals surface area contributed by atoms with E-state index < -0.39 is 0 Å². The van der Waals surface area contributed by atoms with Crippen molar-refractivity contribution >= 4 is 0 Å². The molecule has 0 fully saturated rings. The van der Waals surface area contributed by atoms with E-state index in [1.165, 1.54) is 0 Å². The van der Waals surface area contributed by atoms with Crippen molar-refractivity contribution in [2.45, 2.75) is 13.3 Å². The Balaban J connectivity index is 3.25. The van der Waals surface area contributed by atoms with E-state index in [4.69, 9.17) is 0 Å². The topological polar surface area (TPSA) is 3.24 Å². The molecule has 0 bridgehead atoms. The highest BCUT2D eigenvalue weighted by molar-refractivity contribution is 4.77. The Morgan fingerprint density at radius 2 is 2.11 bits per heavy atom. The van der Waals surface area contributed by atoms with Gasteiger partial charge >= 0.3 is 0 Å². The molecular weight excluding hydrogens is 110 g/mol. The molecular formula is C8H16N. The Kier molecular flexibility index (Phi) is 4.41. The van der Waals surface area contributed by atoms with Gasteiger partial charge in [-0.2, -0.15) is 0 Å². The van der Waals surface area contributed by atoms with Gasteiger partial charge in [0.2, 0.25) is 0 Å². The zero-order valence-corrected chi connectivity index (χ0v) is 6.59. The summed E-state index contributed by atoms with van der Waals surface area (Å²) in [5.41, 5.74) is 0. The highest BCUT2D eigenvalue weighted by Crippen LogP contribution is 2.06. The lowest BCUT2D eigenvalue weighted by atomic mass is 10.1. The first kappa shape index (κ1) is 8.70. The van der Waals surface area contributed by atoms with E-state index in [1.54, 1.807) is 0 Å². The fraction of sp³-hybridized carbons (Fsp3) is 0.625. The van der Waals surface area contributed by atoms with Crippen LogP contribution >= 0.6 is 0 Å². The first-order valence-electron chi connectivity index (χ1n) is 3.29. The van der Waals surface area contributed by atoms with Gasteiger partial charge < -0.3 is 4.90 Å². The van der Waals surface area contributed by atoms with Crippen molar-refractivity contribution < 1.29 is 0 Å². The third kappa shape index (κ3) is 5.57. The minimum atomic E-state index is 0.623. The molecule has 0 aromatic carbocycles. The summed E-state index contributed by atoms with van der Waals surface area (Å²) >= 11 is 0. The summed E-state index contributed by atoms with van der Waals surface area (Å²) in [6.07, 6.45) is 3.02. The van der Waals surface area contributed by atoms with Crippen LogP contribution in [0, 0.1) is 12.5 Å². The molecule has 0 heterocycles. The summed E-state index contributed by atoms with van der Waals surface area (Å²) < 4.78 is 0. The van der Waals surface area contributed by atoms with Gasteiger partial charge in [0.05, 0.1) is 0 Å². The lowest BCUT2D eigenvalue weighted by Gasteiger charge is -2.13. The summed E-state index contributed by atoms with van der Waals surface area (Å²) in [5, 5.41) is 0. The largest absolute Gasteiger partial charge is 0.305 e. The zero-order valence-electron chi connectivity index (χ0n) is 6.59. The molecule has 1 heteroatoms. The van der Waals surface area contributed by atoms with Crippen LogP contribution in [0.5, 0.6) is 0 Å². The molecule has 0 saturated carbocycles. The monoisotopic (exact) mass is 126 g/mol. The maximum absolute atomic E-state index is 3.67. The molecule has 0 N–H and O–H groups in total. The van der Waals surface area contributed by atoms with Gasteiger partial charge in [0.1, 0.15) is 0 Å². The highest BCUT2D eigenvalue weighted by atomic mass is 15.0. The van der Waals surface area contributed by atoms with Gasteiger partial charge in [0, 0.05) is 6.54 Å². The average molecular weight is 126 g/mol. The van der Waals surface area contributed by atoms with Crippen LogP contribution in [0.25, 0.3) is 0 Å². The van der Waals surface area contributed by atoms with Crippen LogP contribution in [0.15, 0.2) is 12.7 Å². The molecule has 0 rings (SSSR count). The first-order chi connectivity index (χ1) is 4.16. The van der Waals surface area contributed by atoms with Crippen molar-refractivity contribution in [1.82, 2.24) is 4.90 Å². The average Bonchev–Trinajstić information content (AvgIpc) is 1.63. The number of hydrogen-bond acceptors (Lipinski definition) is 1. The number of hydrogen-bond donors (Lipinski definition) is 0. The van der Waals surface area contributed by atoms with Gasteiger partial charge in [-0.05, 0) is 26.4 Å². The quantitative estimate of drug-likeness (QED) is 0.520. The predicted molar refractivity (Wildman–Crippen MR) is 42.0 cm³/mol. The molecule has 1 nitrogen and oxygen atoms in total. The SMILES string of the molecule is C=CC[C@H](C)[CH]N(C)C. The van der Waals surface area contributed by atoms with Gasteiger partial charge in [-0.15, -0.1) is 6.58 Å². The van der Waals surface area contributed by atoms with Gasteiger partial charge in [0.15, 0.2) is 0 Å². The lowest BCUT2D eigenvalue weighted by molar-refractivity contribution is 0.421. The highest BCUT2D eigenvalue weighted by Gasteiger charge is 1.99. The van der Waals surface area contributed by atoms with Crippen LogP contribution in [-0.2, 0) is 0 Å². The fourth-order valence-corrected chi connectivity index (χ4v) is 0.833. The van der Waals surface area contributed by atoms with E-state index in [2.05, 4.69) is 24.9 Å². The third-order valence-corrected chi connectivity index (χ3v) is 1.09. The van der Waals surface area contributed by atoms with Crippen molar-refractivity contribution in [3.05, 3.63) is 19.2 Å². The molecule has 1 radical (unpaired) electrons. The lowest BCUT2D eigenvalue weighted by Crippen LogP contribution is -2.12. The van der Waals surface area contributed by atoms with Gasteiger partial charge in [-0.3, -0.25) is 0 Å². The van der Waals surface area contributed by atoms with Crippen molar-refractivity contribution in [2.24, 2.45) is 5.92 Å². The zero-order chi connectivity index (χ0) is 7.28. The normalized spacial score (nSPS) is 13.8. The second kappa shape index (κ2) is 4.57. The van der Waals surface area contributed by atoms with Gasteiger partial charge in [-0.1, -0.05) is 13.0 Å². The molecule has 0 aliphatic carbocycles. The molecule has 1 atom stereocenters. The Morgan fingerprint density at radius 3 is 2.44 bits per heavy atom. The van der Waals surface area contributed by atoms with E-state index in [1.807, 2.05) is 20.2 Å². The molecule has 0 saturated heterocycles. The van der Waals surface area contributed by atoms with Crippen molar-refractivity contribution in [2.75, 3.05) is 14.1 Å². The first-order valence-corrected chi connectivity index (χ1v) is 3.29. The Morgan fingerprint density at radius 1 is 1.56 bits per heavy atom. The molecule has 0 unspecified atom stereocenters. The molecule has 0 spiro atoms. The van der Waals surface area contributed by atoms with Crippen LogP contribution in [0.3, 0.4) is 0 Å². The summed E-state index contributed by atoms with van der Waals surface area (Å²) in [7, 11) is 4.08. The molecule has 0 amide bonds. The Hall–Kier alpha value is -0.300. The van der Waals surface area contributed by atoms with Crippen molar-refractivity contribution in [3.63, 3.8) is 0 Å². The second-order valence-corrected chi connectivity index (χ2v) is 2.61. The molecule has 53 valence electrons. The maximum atomic E-state index is 3.67. The fourth-order valence-electron chi connectivity index (χ4n) is 0.833. The standard InChI is InChI=1S/C8H16N/c1-5-6-8(2)7-9(3)4/h5,7-8H,1,6H2,2-4H3/t8-/m0/s1. The van der Waals surface area contributed by atoms with Crippen LogP contribution < -0.4 is 0 Å². The molecule has 9 heavy (non-hydrogen) atoms.